The van der Waals surface area contributed by atoms with Crippen LogP contribution in [0, 0.1) is 11.8 Å². The molecule has 1 fully saturated rings. The first-order valence-electron chi connectivity index (χ1n) is 6.68. The fourth-order valence-electron chi connectivity index (χ4n) is 1.71. The lowest BCUT2D eigenvalue weighted by Crippen LogP contribution is -2.39. The predicted octanol–water partition coefficient (Wildman–Crippen LogP) is 3.00. The van der Waals surface area contributed by atoms with E-state index in [-0.39, 0.29) is 24.0 Å². The quantitative estimate of drug-likeness (QED) is 0.333. The Morgan fingerprint density at radius 3 is 2.53 bits per heavy atom. The maximum absolute atomic E-state index is 4.59. The highest BCUT2D eigenvalue weighted by molar-refractivity contribution is 14.0. The molecule has 0 saturated heterocycles. The third-order valence-corrected chi connectivity index (χ3v) is 2.99. The maximum atomic E-state index is 4.59. The molecule has 0 spiro atoms. The fraction of sp³-hybridized carbons (Fsp3) is 0.923. The summed E-state index contributed by atoms with van der Waals surface area (Å²) in [6.07, 6.45) is 3.74. The molecule has 0 amide bonds. The molecule has 1 rings (SSSR count). The zero-order chi connectivity index (χ0) is 12.0. The van der Waals surface area contributed by atoms with Crippen molar-refractivity contribution in [3.05, 3.63) is 0 Å². The van der Waals surface area contributed by atoms with Crippen LogP contribution in [0.3, 0.4) is 0 Å². The largest absolute Gasteiger partial charge is 0.357 e. The zero-order valence-electron chi connectivity index (χ0n) is 11.6. The molecule has 2 atom stereocenters. The molecule has 0 aromatic rings. The Labute approximate surface area is 123 Å². The van der Waals surface area contributed by atoms with E-state index in [1.54, 1.807) is 0 Å². The maximum Gasteiger partial charge on any atom is 0.191 e. The van der Waals surface area contributed by atoms with Gasteiger partial charge in [0, 0.05) is 19.1 Å². The summed E-state index contributed by atoms with van der Waals surface area (Å²) in [7, 11) is 0. The van der Waals surface area contributed by atoms with Crippen LogP contribution in [-0.4, -0.2) is 25.1 Å². The highest BCUT2D eigenvalue weighted by atomic mass is 127. The molecular weight excluding hydrogens is 325 g/mol. The Kier molecular flexibility index (Phi) is 9.00. The van der Waals surface area contributed by atoms with Crippen LogP contribution in [0.2, 0.25) is 0 Å². The summed E-state index contributed by atoms with van der Waals surface area (Å²) in [6.45, 7) is 10.8. The molecule has 1 saturated carbocycles. The van der Waals surface area contributed by atoms with E-state index in [1.807, 2.05) is 0 Å². The normalized spacial score (nSPS) is 23.2. The van der Waals surface area contributed by atoms with Crippen molar-refractivity contribution in [3.8, 4) is 0 Å². The van der Waals surface area contributed by atoms with Gasteiger partial charge in [0.25, 0.3) is 0 Å². The minimum absolute atomic E-state index is 0. The van der Waals surface area contributed by atoms with E-state index in [9.17, 15) is 0 Å². The summed E-state index contributed by atoms with van der Waals surface area (Å²) < 4.78 is 0. The Balaban J connectivity index is 0.00000256. The number of nitrogens with zero attached hydrogens (tertiary/aromatic N) is 1. The number of nitrogens with one attached hydrogen (secondary N) is 2. The molecule has 1 aliphatic carbocycles. The van der Waals surface area contributed by atoms with Crippen LogP contribution < -0.4 is 10.6 Å². The Hall–Kier alpha value is 0. The third kappa shape index (κ3) is 7.84. The van der Waals surface area contributed by atoms with Crippen molar-refractivity contribution in [1.82, 2.24) is 10.6 Å². The average Bonchev–Trinajstić information content (AvgIpc) is 2.89. The zero-order valence-corrected chi connectivity index (χ0v) is 14.0. The topological polar surface area (TPSA) is 36.4 Å². The number of halogens is 1. The summed E-state index contributed by atoms with van der Waals surface area (Å²) in [5.41, 5.74) is 0. The summed E-state index contributed by atoms with van der Waals surface area (Å²) in [6, 6.07) is 0.655. The second-order valence-electron chi connectivity index (χ2n) is 5.26. The molecule has 0 aromatic heterocycles. The van der Waals surface area contributed by atoms with E-state index in [4.69, 9.17) is 0 Å². The van der Waals surface area contributed by atoms with Crippen LogP contribution in [0.15, 0.2) is 4.99 Å². The first-order chi connectivity index (χ1) is 7.63. The molecule has 2 unspecified atom stereocenters. The number of hydrogen-bond donors (Lipinski definition) is 2. The van der Waals surface area contributed by atoms with Crippen LogP contribution in [-0.2, 0) is 0 Å². The van der Waals surface area contributed by atoms with E-state index >= 15 is 0 Å². The first-order valence-corrected chi connectivity index (χ1v) is 6.68. The lowest BCUT2D eigenvalue weighted by molar-refractivity contribution is 0.560. The fourth-order valence-corrected chi connectivity index (χ4v) is 1.71. The Bertz CT molecular complexity index is 229. The molecule has 102 valence electrons. The van der Waals surface area contributed by atoms with Gasteiger partial charge in [0.05, 0.1) is 0 Å². The van der Waals surface area contributed by atoms with Crippen molar-refractivity contribution in [2.24, 2.45) is 16.8 Å². The second-order valence-corrected chi connectivity index (χ2v) is 5.26. The van der Waals surface area contributed by atoms with Gasteiger partial charge in [-0.1, -0.05) is 20.8 Å². The van der Waals surface area contributed by atoms with Gasteiger partial charge in [-0.25, -0.2) is 0 Å². The summed E-state index contributed by atoms with van der Waals surface area (Å²) in [5, 5.41) is 6.77. The third-order valence-electron chi connectivity index (χ3n) is 2.99. The SMILES string of the molecule is CCNC(=NCCCC(C)C)NC1CC1C.I. The highest BCUT2D eigenvalue weighted by Gasteiger charge is 2.33. The van der Waals surface area contributed by atoms with Gasteiger partial charge in [-0.15, -0.1) is 24.0 Å². The first kappa shape index (κ1) is 17.0. The van der Waals surface area contributed by atoms with Crippen LogP contribution in [0.5, 0.6) is 0 Å². The van der Waals surface area contributed by atoms with Gasteiger partial charge < -0.3 is 10.6 Å². The molecule has 17 heavy (non-hydrogen) atoms. The van der Waals surface area contributed by atoms with Crippen LogP contribution in [0.1, 0.15) is 47.0 Å². The van der Waals surface area contributed by atoms with Crippen molar-refractivity contribution >= 4 is 29.9 Å². The van der Waals surface area contributed by atoms with Crippen molar-refractivity contribution in [2.75, 3.05) is 13.1 Å². The Morgan fingerprint density at radius 2 is 2.06 bits per heavy atom. The minimum Gasteiger partial charge on any atom is -0.357 e. The highest BCUT2D eigenvalue weighted by Crippen LogP contribution is 2.28. The van der Waals surface area contributed by atoms with Crippen LogP contribution in [0.4, 0.5) is 0 Å². The lowest BCUT2D eigenvalue weighted by atomic mass is 10.1. The van der Waals surface area contributed by atoms with E-state index in [0.29, 0.717) is 6.04 Å². The summed E-state index contributed by atoms with van der Waals surface area (Å²) in [4.78, 5) is 4.59. The van der Waals surface area contributed by atoms with E-state index in [0.717, 1.165) is 30.9 Å². The Morgan fingerprint density at radius 1 is 1.41 bits per heavy atom. The van der Waals surface area contributed by atoms with Crippen molar-refractivity contribution in [3.63, 3.8) is 0 Å². The van der Waals surface area contributed by atoms with Crippen molar-refractivity contribution in [1.29, 1.82) is 0 Å². The molecule has 3 nitrogen and oxygen atoms in total. The van der Waals surface area contributed by atoms with Gasteiger partial charge in [-0.05, 0) is 38.0 Å². The number of guanidine groups is 1. The van der Waals surface area contributed by atoms with Crippen LogP contribution >= 0.6 is 24.0 Å². The van der Waals surface area contributed by atoms with E-state index in [2.05, 4.69) is 43.3 Å². The average molecular weight is 353 g/mol. The van der Waals surface area contributed by atoms with Gasteiger partial charge in [0.1, 0.15) is 0 Å². The van der Waals surface area contributed by atoms with Gasteiger partial charge in [0.2, 0.25) is 0 Å². The molecule has 4 heteroatoms. The van der Waals surface area contributed by atoms with Gasteiger partial charge in [0.15, 0.2) is 5.96 Å². The molecule has 0 aromatic carbocycles. The van der Waals surface area contributed by atoms with E-state index in [1.165, 1.54) is 19.3 Å². The van der Waals surface area contributed by atoms with Gasteiger partial charge in [-0.2, -0.15) is 0 Å². The standard InChI is InChI=1S/C13H27N3.HI/c1-5-14-13(16-12-9-11(12)4)15-8-6-7-10(2)3;/h10-12H,5-9H2,1-4H3,(H2,14,15,16);1H. The number of rotatable bonds is 6. The van der Waals surface area contributed by atoms with Gasteiger partial charge >= 0.3 is 0 Å². The smallest absolute Gasteiger partial charge is 0.191 e. The molecule has 0 radical (unpaired) electrons. The molecule has 0 bridgehead atoms. The van der Waals surface area contributed by atoms with Crippen molar-refractivity contribution in [2.45, 2.75) is 53.0 Å². The van der Waals surface area contributed by atoms with Crippen molar-refractivity contribution < 1.29 is 0 Å². The molecule has 2 N–H and O–H groups in total. The minimum atomic E-state index is 0. The molecule has 0 heterocycles. The molecule has 0 aliphatic heterocycles. The van der Waals surface area contributed by atoms with Gasteiger partial charge in [-0.3, -0.25) is 4.99 Å². The van der Waals surface area contributed by atoms with Crippen LogP contribution in [0.25, 0.3) is 0 Å². The second kappa shape index (κ2) is 9.00. The van der Waals surface area contributed by atoms with E-state index < -0.39 is 0 Å². The predicted molar refractivity (Wildman–Crippen MR) is 86.2 cm³/mol. The summed E-state index contributed by atoms with van der Waals surface area (Å²) in [5.74, 6) is 2.61. The molecular formula is C13H28IN3. The summed E-state index contributed by atoms with van der Waals surface area (Å²) >= 11 is 0. The number of hydrogen-bond acceptors (Lipinski definition) is 1. The lowest BCUT2D eigenvalue weighted by Gasteiger charge is -2.10. The monoisotopic (exact) mass is 353 g/mol. The molecule has 1 aliphatic rings. The number of aliphatic imine (C=N–C) groups is 1.